The topological polar surface area (TPSA) is 53.1 Å². The summed E-state index contributed by atoms with van der Waals surface area (Å²) in [5, 5.41) is 4.12. The zero-order valence-corrected chi connectivity index (χ0v) is 10.2. The lowest BCUT2D eigenvalue weighted by molar-refractivity contribution is -0.0176. The molecule has 84 valence electrons. The first-order valence-electron chi connectivity index (χ1n) is 5.36. The quantitative estimate of drug-likeness (QED) is 0.921. The van der Waals surface area contributed by atoms with Gasteiger partial charge in [-0.05, 0) is 28.8 Å². The Balaban J connectivity index is 1.81. The third-order valence-corrected chi connectivity index (χ3v) is 3.35. The van der Waals surface area contributed by atoms with Crippen LogP contribution in [-0.2, 0) is 11.5 Å². The van der Waals surface area contributed by atoms with Gasteiger partial charge in [-0.25, -0.2) is 4.68 Å². The van der Waals surface area contributed by atoms with E-state index in [1.165, 1.54) is 32.1 Å². The maximum Gasteiger partial charge on any atom is 0.159 e. The van der Waals surface area contributed by atoms with E-state index < -0.39 is 0 Å². The number of ether oxygens (including phenoxy) is 1. The first kappa shape index (κ1) is 11.0. The number of hydrogen-bond acceptors (Lipinski definition) is 3. The van der Waals surface area contributed by atoms with Crippen LogP contribution >= 0.6 is 15.9 Å². The highest BCUT2D eigenvalue weighted by atomic mass is 79.9. The van der Waals surface area contributed by atoms with Crippen molar-refractivity contribution >= 4 is 21.7 Å². The van der Waals surface area contributed by atoms with E-state index in [0.717, 1.165) is 4.47 Å². The van der Waals surface area contributed by atoms with E-state index in [0.29, 0.717) is 18.7 Å². The van der Waals surface area contributed by atoms with Gasteiger partial charge in [0, 0.05) is 6.20 Å². The zero-order chi connectivity index (χ0) is 10.7. The molecule has 1 heterocycles. The van der Waals surface area contributed by atoms with Crippen LogP contribution in [0, 0.1) is 0 Å². The lowest BCUT2D eigenvalue weighted by atomic mass is 9.98. The molecule has 2 rings (SSSR count). The van der Waals surface area contributed by atoms with Crippen LogP contribution in [0.4, 0.5) is 5.82 Å². The molecule has 1 aromatic heterocycles. The van der Waals surface area contributed by atoms with E-state index in [4.69, 9.17) is 10.5 Å². The Morgan fingerprint density at radius 3 is 2.80 bits per heavy atom. The average molecular weight is 274 g/mol. The number of rotatable bonds is 3. The predicted molar refractivity (Wildman–Crippen MR) is 62.3 cm³/mol. The second kappa shape index (κ2) is 4.99. The monoisotopic (exact) mass is 273 g/mol. The maximum atomic E-state index is 5.76. The Kier molecular flexibility index (Phi) is 3.64. The lowest BCUT2D eigenvalue weighted by Crippen LogP contribution is -2.18. The molecule has 0 spiro atoms. The fourth-order valence-electron chi connectivity index (χ4n) is 1.89. The van der Waals surface area contributed by atoms with Crippen LogP contribution in [0.3, 0.4) is 0 Å². The van der Waals surface area contributed by atoms with Crippen molar-refractivity contribution in [3.63, 3.8) is 0 Å². The van der Waals surface area contributed by atoms with Crippen molar-refractivity contribution in [2.24, 2.45) is 0 Å². The summed E-state index contributed by atoms with van der Waals surface area (Å²) in [4.78, 5) is 0. The maximum absolute atomic E-state index is 5.76. The highest BCUT2D eigenvalue weighted by molar-refractivity contribution is 9.10. The summed E-state index contributed by atoms with van der Waals surface area (Å²) in [6.45, 7) is 0.500. The summed E-state index contributed by atoms with van der Waals surface area (Å²) in [6, 6.07) is 0. The number of halogens is 1. The minimum Gasteiger partial charge on any atom is -0.381 e. The van der Waals surface area contributed by atoms with Gasteiger partial charge in [0.2, 0.25) is 0 Å². The van der Waals surface area contributed by atoms with E-state index in [-0.39, 0.29) is 0 Å². The number of aromatic nitrogens is 2. The van der Waals surface area contributed by atoms with Crippen LogP contribution in [0.5, 0.6) is 0 Å². The van der Waals surface area contributed by atoms with Crippen LogP contribution < -0.4 is 5.73 Å². The van der Waals surface area contributed by atoms with E-state index >= 15 is 0 Å². The van der Waals surface area contributed by atoms with Crippen molar-refractivity contribution in [3.05, 3.63) is 10.7 Å². The number of nitrogens with two attached hydrogens (primary N) is 1. The van der Waals surface area contributed by atoms with E-state index in [1.807, 2.05) is 6.20 Å². The van der Waals surface area contributed by atoms with Gasteiger partial charge in [0.1, 0.15) is 6.73 Å². The fourth-order valence-corrected chi connectivity index (χ4v) is 2.21. The van der Waals surface area contributed by atoms with Gasteiger partial charge >= 0.3 is 0 Å². The third kappa shape index (κ3) is 2.95. The van der Waals surface area contributed by atoms with Gasteiger partial charge in [0.25, 0.3) is 0 Å². The van der Waals surface area contributed by atoms with Crippen molar-refractivity contribution in [1.29, 1.82) is 0 Å². The molecule has 0 atom stereocenters. The van der Waals surface area contributed by atoms with Crippen molar-refractivity contribution in [2.75, 3.05) is 5.73 Å². The first-order chi connectivity index (χ1) is 7.25. The van der Waals surface area contributed by atoms with Gasteiger partial charge in [-0.15, -0.1) is 0 Å². The Morgan fingerprint density at radius 2 is 2.20 bits per heavy atom. The zero-order valence-electron chi connectivity index (χ0n) is 8.66. The molecule has 1 aromatic rings. The van der Waals surface area contributed by atoms with Crippen molar-refractivity contribution < 1.29 is 4.74 Å². The summed E-state index contributed by atoms with van der Waals surface area (Å²) in [7, 11) is 0. The summed E-state index contributed by atoms with van der Waals surface area (Å²) in [6.07, 6.45) is 8.53. The van der Waals surface area contributed by atoms with E-state index in [2.05, 4.69) is 21.0 Å². The molecule has 1 saturated carbocycles. The van der Waals surface area contributed by atoms with E-state index in [9.17, 15) is 0 Å². The van der Waals surface area contributed by atoms with Crippen molar-refractivity contribution in [2.45, 2.75) is 44.9 Å². The smallest absolute Gasteiger partial charge is 0.159 e. The molecule has 1 aliphatic carbocycles. The predicted octanol–water partition coefficient (Wildman–Crippen LogP) is 2.53. The van der Waals surface area contributed by atoms with Crippen LogP contribution in [0.25, 0.3) is 0 Å². The Bertz CT molecular complexity index is 301. The number of nitrogen functional groups attached to an aromatic ring is 1. The highest BCUT2D eigenvalue weighted by Gasteiger charge is 2.13. The van der Waals surface area contributed by atoms with Gasteiger partial charge in [0.05, 0.1) is 10.6 Å². The molecule has 5 heteroatoms. The number of hydrogen-bond donors (Lipinski definition) is 1. The molecule has 4 nitrogen and oxygen atoms in total. The molecule has 0 amide bonds. The highest BCUT2D eigenvalue weighted by Crippen LogP contribution is 2.21. The van der Waals surface area contributed by atoms with Gasteiger partial charge in [0.15, 0.2) is 5.82 Å². The van der Waals surface area contributed by atoms with Crippen molar-refractivity contribution in [1.82, 2.24) is 9.78 Å². The molecule has 1 aliphatic rings. The van der Waals surface area contributed by atoms with Gasteiger partial charge in [-0.2, -0.15) is 5.10 Å². The molecule has 1 fully saturated rings. The SMILES string of the molecule is Nc1nn(COC2CCCCC2)cc1Br. The van der Waals surface area contributed by atoms with Crippen LogP contribution in [0.15, 0.2) is 10.7 Å². The molecule has 0 radical (unpaired) electrons. The molecular weight excluding hydrogens is 258 g/mol. The number of anilines is 1. The molecule has 0 aliphatic heterocycles. The minimum atomic E-state index is 0.406. The average Bonchev–Trinajstić information content (AvgIpc) is 2.57. The second-order valence-corrected chi connectivity index (χ2v) is 4.81. The molecule has 0 unspecified atom stereocenters. The fraction of sp³-hybridized carbons (Fsp3) is 0.700. The third-order valence-electron chi connectivity index (χ3n) is 2.74. The molecule has 0 aromatic carbocycles. The normalized spacial score (nSPS) is 18.2. The summed E-state index contributed by atoms with van der Waals surface area (Å²) in [5.74, 6) is 0.516. The summed E-state index contributed by atoms with van der Waals surface area (Å²) in [5.41, 5.74) is 5.61. The molecule has 0 saturated heterocycles. The molecule has 2 N–H and O–H groups in total. The molecule has 15 heavy (non-hydrogen) atoms. The lowest BCUT2D eigenvalue weighted by Gasteiger charge is -2.21. The Hall–Kier alpha value is -0.550. The van der Waals surface area contributed by atoms with Gasteiger partial charge < -0.3 is 10.5 Å². The standard InChI is InChI=1S/C10H16BrN3O/c11-9-6-14(13-10(9)12)7-15-8-4-2-1-3-5-8/h6,8H,1-5,7H2,(H2,12,13). The summed E-state index contributed by atoms with van der Waals surface area (Å²) >= 11 is 3.32. The minimum absolute atomic E-state index is 0.406. The Morgan fingerprint density at radius 1 is 1.47 bits per heavy atom. The second-order valence-electron chi connectivity index (χ2n) is 3.96. The van der Waals surface area contributed by atoms with Crippen molar-refractivity contribution in [3.8, 4) is 0 Å². The first-order valence-corrected chi connectivity index (χ1v) is 6.15. The summed E-state index contributed by atoms with van der Waals surface area (Å²) < 4.78 is 8.32. The molecule has 0 bridgehead atoms. The van der Waals surface area contributed by atoms with E-state index in [1.54, 1.807) is 4.68 Å². The van der Waals surface area contributed by atoms with Crippen LogP contribution in [0.2, 0.25) is 0 Å². The van der Waals surface area contributed by atoms with Crippen LogP contribution in [0.1, 0.15) is 32.1 Å². The Labute approximate surface area is 97.9 Å². The van der Waals surface area contributed by atoms with Gasteiger partial charge in [-0.1, -0.05) is 19.3 Å². The molecular formula is C10H16BrN3O. The largest absolute Gasteiger partial charge is 0.381 e. The number of nitrogens with zero attached hydrogens (tertiary/aromatic N) is 2. The van der Waals surface area contributed by atoms with Gasteiger partial charge in [-0.3, -0.25) is 0 Å². The van der Waals surface area contributed by atoms with Crippen LogP contribution in [-0.4, -0.2) is 15.9 Å².